The summed E-state index contributed by atoms with van der Waals surface area (Å²) in [5.74, 6) is 0.215. The summed E-state index contributed by atoms with van der Waals surface area (Å²) < 4.78 is 32.9. The first-order valence-corrected chi connectivity index (χ1v) is 8.79. The summed E-state index contributed by atoms with van der Waals surface area (Å²) in [5, 5.41) is 9.36. The molecule has 5 nitrogen and oxygen atoms in total. The molecule has 0 aliphatic carbocycles. The molecule has 1 heterocycles. The predicted octanol–water partition coefficient (Wildman–Crippen LogP) is 1.44. The average molecular weight is 313 g/mol. The molecule has 2 rings (SSSR count). The molecule has 2 atom stereocenters. The summed E-state index contributed by atoms with van der Waals surface area (Å²) in [7, 11) is -3.57. The van der Waals surface area contributed by atoms with Crippen molar-refractivity contribution in [3.63, 3.8) is 0 Å². The van der Waals surface area contributed by atoms with Crippen molar-refractivity contribution >= 4 is 10.0 Å². The average Bonchev–Trinajstić information content (AvgIpc) is 3.00. The lowest BCUT2D eigenvalue weighted by Gasteiger charge is -2.19. The van der Waals surface area contributed by atoms with E-state index in [9.17, 15) is 13.5 Å². The molecule has 1 aliphatic heterocycles. The number of benzene rings is 1. The maximum absolute atomic E-state index is 12.4. The molecule has 21 heavy (non-hydrogen) atoms. The molecule has 1 fully saturated rings. The van der Waals surface area contributed by atoms with E-state index in [4.69, 9.17) is 4.74 Å². The number of hydrogen-bond donors (Lipinski definition) is 2. The van der Waals surface area contributed by atoms with Crippen LogP contribution in [0.25, 0.3) is 0 Å². The van der Waals surface area contributed by atoms with Gasteiger partial charge in [-0.3, -0.25) is 0 Å². The molecule has 1 saturated heterocycles. The fourth-order valence-corrected chi connectivity index (χ4v) is 3.98. The third-order valence-corrected chi connectivity index (χ3v) is 5.61. The van der Waals surface area contributed by atoms with E-state index in [1.165, 1.54) is 0 Å². The first-order valence-electron chi connectivity index (χ1n) is 7.30. The number of sulfonamides is 1. The maximum Gasteiger partial charge on any atom is 0.240 e. The van der Waals surface area contributed by atoms with Crippen LogP contribution in [0.15, 0.2) is 23.1 Å². The van der Waals surface area contributed by atoms with Crippen molar-refractivity contribution in [2.45, 2.75) is 44.2 Å². The Labute approximate surface area is 126 Å². The molecule has 0 radical (unpaired) electrons. The third kappa shape index (κ3) is 3.83. The van der Waals surface area contributed by atoms with Gasteiger partial charge in [-0.05, 0) is 43.0 Å². The van der Waals surface area contributed by atoms with E-state index in [2.05, 4.69) is 4.72 Å². The van der Waals surface area contributed by atoms with E-state index in [1.54, 1.807) is 18.2 Å². The Morgan fingerprint density at radius 3 is 2.76 bits per heavy atom. The molecule has 1 aliphatic rings. The van der Waals surface area contributed by atoms with E-state index < -0.39 is 10.0 Å². The summed E-state index contributed by atoms with van der Waals surface area (Å²) in [6.07, 6.45) is 1.64. The van der Waals surface area contributed by atoms with Gasteiger partial charge in [0.2, 0.25) is 10.0 Å². The Hall–Kier alpha value is -0.950. The minimum atomic E-state index is -3.57. The highest BCUT2D eigenvalue weighted by atomic mass is 32.2. The summed E-state index contributed by atoms with van der Waals surface area (Å²) in [6.45, 7) is 4.98. The summed E-state index contributed by atoms with van der Waals surface area (Å²) in [6, 6.07) is 4.75. The topological polar surface area (TPSA) is 75.6 Å². The molecule has 0 saturated carbocycles. The van der Waals surface area contributed by atoms with E-state index in [0.717, 1.165) is 18.4 Å². The first kappa shape index (κ1) is 16.4. The normalized spacial score (nSPS) is 20.6. The Balaban J connectivity index is 2.18. The van der Waals surface area contributed by atoms with Crippen LogP contribution in [0.3, 0.4) is 0 Å². The lowest BCUT2D eigenvalue weighted by molar-refractivity contribution is 0.180. The molecule has 118 valence electrons. The molecular weight excluding hydrogens is 290 g/mol. The van der Waals surface area contributed by atoms with Crippen LogP contribution >= 0.6 is 0 Å². The molecule has 6 heteroatoms. The number of hydrogen-bond acceptors (Lipinski definition) is 4. The smallest absolute Gasteiger partial charge is 0.240 e. The number of ether oxygens (including phenoxy) is 1. The Kier molecular flexibility index (Phi) is 5.37. The van der Waals surface area contributed by atoms with Gasteiger partial charge in [-0.25, -0.2) is 13.1 Å². The van der Waals surface area contributed by atoms with E-state index >= 15 is 0 Å². The fourth-order valence-electron chi connectivity index (χ4n) is 2.62. The molecular formula is C15H23NO4S. The molecule has 0 spiro atoms. The molecule has 0 aromatic heterocycles. The number of nitrogens with one attached hydrogen (secondary N) is 1. The summed E-state index contributed by atoms with van der Waals surface area (Å²) in [5.41, 5.74) is 1.63. The molecule has 1 aromatic carbocycles. The zero-order chi connectivity index (χ0) is 15.5. The van der Waals surface area contributed by atoms with E-state index in [1.807, 2.05) is 13.8 Å². The quantitative estimate of drug-likeness (QED) is 0.833. The number of aliphatic hydroxyl groups excluding tert-OH is 1. The highest BCUT2D eigenvalue weighted by Crippen LogP contribution is 2.20. The van der Waals surface area contributed by atoms with Crippen molar-refractivity contribution in [1.82, 2.24) is 4.72 Å². The third-order valence-electron chi connectivity index (χ3n) is 4.05. The van der Waals surface area contributed by atoms with Gasteiger partial charge in [0.1, 0.15) is 0 Å². The van der Waals surface area contributed by atoms with E-state index in [-0.39, 0.29) is 23.5 Å². The van der Waals surface area contributed by atoms with Gasteiger partial charge >= 0.3 is 0 Å². The minimum absolute atomic E-state index is 0.154. The number of rotatable bonds is 6. The van der Waals surface area contributed by atoms with Gasteiger partial charge in [-0.1, -0.05) is 13.0 Å². The van der Waals surface area contributed by atoms with Crippen molar-refractivity contribution in [2.75, 3.05) is 13.2 Å². The molecule has 2 N–H and O–H groups in total. The second kappa shape index (κ2) is 6.87. The van der Waals surface area contributed by atoms with Crippen LogP contribution in [0.4, 0.5) is 0 Å². The van der Waals surface area contributed by atoms with Gasteiger partial charge in [0, 0.05) is 18.6 Å². The van der Waals surface area contributed by atoms with Crippen molar-refractivity contribution in [3.8, 4) is 0 Å². The Morgan fingerprint density at radius 2 is 2.19 bits per heavy atom. The lowest BCUT2D eigenvalue weighted by Crippen LogP contribution is -2.38. The molecule has 0 amide bonds. The zero-order valence-electron chi connectivity index (χ0n) is 12.5. The summed E-state index contributed by atoms with van der Waals surface area (Å²) in [4.78, 5) is 0.203. The maximum atomic E-state index is 12.4. The SMILES string of the molecule is CCc1ccc(S(=O)(=O)NC(C)C2CCOC2)cc1CO. The second-order valence-corrected chi connectivity index (χ2v) is 7.19. The highest BCUT2D eigenvalue weighted by Gasteiger charge is 2.27. The summed E-state index contributed by atoms with van der Waals surface area (Å²) >= 11 is 0. The minimum Gasteiger partial charge on any atom is -0.392 e. The Bertz CT molecular complexity index is 579. The number of aryl methyl sites for hydroxylation is 1. The largest absolute Gasteiger partial charge is 0.392 e. The van der Waals surface area contributed by atoms with Crippen molar-refractivity contribution in [2.24, 2.45) is 5.92 Å². The van der Waals surface area contributed by atoms with Gasteiger partial charge in [0.05, 0.1) is 18.1 Å². The van der Waals surface area contributed by atoms with Crippen LogP contribution < -0.4 is 4.72 Å². The van der Waals surface area contributed by atoms with E-state index in [0.29, 0.717) is 18.8 Å². The first-order chi connectivity index (χ1) is 9.97. The van der Waals surface area contributed by atoms with Gasteiger partial charge in [0.25, 0.3) is 0 Å². The zero-order valence-corrected chi connectivity index (χ0v) is 13.3. The van der Waals surface area contributed by atoms with Crippen LogP contribution in [0.1, 0.15) is 31.4 Å². The van der Waals surface area contributed by atoms with Crippen LogP contribution in [0.2, 0.25) is 0 Å². The standard InChI is InChI=1S/C15H23NO4S/c1-3-12-4-5-15(8-14(12)9-17)21(18,19)16-11(2)13-6-7-20-10-13/h4-5,8,11,13,16-17H,3,6-7,9-10H2,1-2H3. The van der Waals surface area contributed by atoms with Crippen LogP contribution in [-0.4, -0.2) is 32.8 Å². The number of aliphatic hydroxyl groups is 1. The predicted molar refractivity (Wildman–Crippen MR) is 80.5 cm³/mol. The molecule has 0 bridgehead atoms. The van der Waals surface area contributed by atoms with Crippen molar-refractivity contribution in [1.29, 1.82) is 0 Å². The van der Waals surface area contributed by atoms with Gasteiger partial charge in [-0.15, -0.1) is 0 Å². The fraction of sp³-hybridized carbons (Fsp3) is 0.600. The molecule has 2 unspecified atom stereocenters. The van der Waals surface area contributed by atoms with Gasteiger partial charge < -0.3 is 9.84 Å². The van der Waals surface area contributed by atoms with Crippen LogP contribution in [0.5, 0.6) is 0 Å². The Morgan fingerprint density at radius 1 is 1.43 bits per heavy atom. The van der Waals surface area contributed by atoms with Crippen molar-refractivity contribution in [3.05, 3.63) is 29.3 Å². The van der Waals surface area contributed by atoms with Crippen LogP contribution in [0, 0.1) is 5.92 Å². The monoisotopic (exact) mass is 313 g/mol. The lowest BCUT2D eigenvalue weighted by atomic mass is 10.0. The van der Waals surface area contributed by atoms with Gasteiger partial charge in [0.15, 0.2) is 0 Å². The highest BCUT2D eigenvalue weighted by molar-refractivity contribution is 7.89. The van der Waals surface area contributed by atoms with Gasteiger partial charge in [-0.2, -0.15) is 0 Å². The molecule has 1 aromatic rings. The van der Waals surface area contributed by atoms with Crippen LogP contribution in [-0.2, 0) is 27.8 Å². The van der Waals surface area contributed by atoms with Crippen molar-refractivity contribution < 1.29 is 18.3 Å². The second-order valence-electron chi connectivity index (χ2n) is 5.48.